The molecule has 1 aromatic rings. The summed E-state index contributed by atoms with van der Waals surface area (Å²) in [7, 11) is 0. The molecule has 1 amide bonds. The fraction of sp³-hybridized carbons (Fsp3) is 0.526. The van der Waals surface area contributed by atoms with E-state index < -0.39 is 23.7 Å². The van der Waals surface area contributed by atoms with Gasteiger partial charge < -0.3 is 20.3 Å². The average Bonchev–Trinajstić information content (AvgIpc) is 3.24. The van der Waals surface area contributed by atoms with Gasteiger partial charge in [0.15, 0.2) is 0 Å². The molecule has 0 radical (unpaired) electrons. The lowest BCUT2D eigenvalue weighted by atomic mass is 10.0. The van der Waals surface area contributed by atoms with Crippen LogP contribution in [0.2, 0.25) is 0 Å². The van der Waals surface area contributed by atoms with E-state index in [1.807, 2.05) is 0 Å². The van der Waals surface area contributed by atoms with Crippen LogP contribution in [0.1, 0.15) is 12.8 Å². The van der Waals surface area contributed by atoms with Crippen LogP contribution >= 0.6 is 0 Å². The Morgan fingerprint density at radius 3 is 2.24 bits per heavy atom. The van der Waals surface area contributed by atoms with Gasteiger partial charge in [-0.3, -0.25) is 4.79 Å². The number of ether oxygens (including phenoxy) is 1. The molecule has 4 rings (SSSR count). The Kier molecular flexibility index (Phi) is 6.42. The second-order valence-electron chi connectivity index (χ2n) is 7.28. The highest BCUT2D eigenvalue weighted by Crippen LogP contribution is 2.35. The van der Waals surface area contributed by atoms with E-state index in [0.29, 0.717) is 19.6 Å². The Morgan fingerprint density at radius 1 is 1.07 bits per heavy atom. The summed E-state index contributed by atoms with van der Waals surface area (Å²) in [6.45, 7) is 1.97. The summed E-state index contributed by atoms with van der Waals surface area (Å²) in [4.78, 5) is 14.3. The predicted octanol–water partition coefficient (Wildman–Crippen LogP) is 2.43. The van der Waals surface area contributed by atoms with Crippen LogP contribution in [0.4, 0.5) is 22.0 Å². The van der Waals surface area contributed by atoms with E-state index >= 15 is 0 Å². The molecule has 1 saturated heterocycles. The third kappa shape index (κ3) is 5.24. The first-order valence-electron chi connectivity index (χ1n) is 9.23. The number of amides is 1. The number of carbonyl (C=O) groups excluding carboxylic acids is 1. The van der Waals surface area contributed by atoms with Crippen molar-refractivity contribution in [2.24, 2.45) is 5.73 Å². The Morgan fingerprint density at radius 2 is 1.69 bits per heavy atom. The third-order valence-corrected chi connectivity index (χ3v) is 5.12. The van der Waals surface area contributed by atoms with Crippen LogP contribution in [-0.4, -0.2) is 66.8 Å². The lowest BCUT2D eigenvalue weighted by Crippen LogP contribution is -2.48. The van der Waals surface area contributed by atoms with Crippen molar-refractivity contribution in [2.75, 3.05) is 32.8 Å². The minimum Gasteiger partial charge on any atom is -0.378 e. The molecule has 2 atom stereocenters. The number of nitrogens with zero attached hydrogens (tertiary/aromatic N) is 2. The Bertz CT molecular complexity index is 745. The molecule has 3 aliphatic rings. The smallest absolute Gasteiger partial charge is 0.378 e. The van der Waals surface area contributed by atoms with Gasteiger partial charge in [-0.1, -0.05) is 0 Å². The molecule has 1 aromatic carbocycles. The molecule has 0 aliphatic carbocycles. The number of rotatable bonds is 1. The van der Waals surface area contributed by atoms with Crippen molar-refractivity contribution in [3.05, 3.63) is 47.2 Å². The first-order valence-corrected chi connectivity index (χ1v) is 9.23. The van der Waals surface area contributed by atoms with Gasteiger partial charge in [-0.2, -0.15) is 13.2 Å². The molecule has 2 unspecified atom stereocenters. The molecule has 0 saturated carbocycles. The highest BCUT2D eigenvalue weighted by Gasteiger charge is 2.46. The van der Waals surface area contributed by atoms with Gasteiger partial charge in [-0.05, 0) is 42.7 Å². The van der Waals surface area contributed by atoms with Crippen molar-refractivity contribution in [2.45, 2.75) is 31.1 Å². The minimum atomic E-state index is -4.80. The van der Waals surface area contributed by atoms with Crippen molar-refractivity contribution in [1.82, 2.24) is 9.80 Å². The van der Waals surface area contributed by atoms with Crippen molar-refractivity contribution in [3.8, 4) is 0 Å². The van der Waals surface area contributed by atoms with Crippen LogP contribution in [0.5, 0.6) is 0 Å². The molecule has 29 heavy (non-hydrogen) atoms. The third-order valence-electron chi connectivity index (χ3n) is 5.12. The van der Waals surface area contributed by atoms with Crippen LogP contribution in [0.3, 0.4) is 0 Å². The molecule has 2 N–H and O–H groups in total. The molecule has 160 valence electrons. The summed E-state index contributed by atoms with van der Waals surface area (Å²) in [5.41, 5.74) is 7.68. The van der Waals surface area contributed by atoms with Crippen LogP contribution in [0, 0.1) is 11.6 Å². The lowest BCUT2D eigenvalue weighted by Gasteiger charge is -2.37. The fourth-order valence-corrected chi connectivity index (χ4v) is 3.79. The molecule has 0 spiro atoms. The number of nitrogens with two attached hydrogens (primary N) is 1. The standard InChI is InChI=1S/C13H18F3N3O2.C6H4F2/c14-13(15,16)12(20)18-4-8-1-2-19(11(8)5-18)10-3-9(17)6-21-7-10;7-5-1-2-6(8)4-3-5/h9-10H,1-7,17H2;1-4H. The number of alkyl halides is 3. The summed E-state index contributed by atoms with van der Waals surface area (Å²) < 4.78 is 66.8. The average molecular weight is 419 g/mol. The van der Waals surface area contributed by atoms with Gasteiger partial charge in [0, 0.05) is 24.8 Å². The van der Waals surface area contributed by atoms with E-state index in [-0.39, 0.29) is 25.2 Å². The maximum atomic E-state index is 12.5. The van der Waals surface area contributed by atoms with Crippen LogP contribution < -0.4 is 5.73 Å². The van der Waals surface area contributed by atoms with Crippen LogP contribution in [0.15, 0.2) is 35.5 Å². The van der Waals surface area contributed by atoms with Crippen molar-refractivity contribution >= 4 is 5.91 Å². The molecule has 0 aromatic heterocycles. The second kappa shape index (κ2) is 8.66. The minimum absolute atomic E-state index is 0.0392. The van der Waals surface area contributed by atoms with Gasteiger partial charge >= 0.3 is 12.1 Å². The number of halogens is 5. The Hall–Kier alpha value is -2.20. The predicted molar refractivity (Wildman–Crippen MR) is 94.5 cm³/mol. The van der Waals surface area contributed by atoms with Gasteiger partial charge in [0.1, 0.15) is 11.6 Å². The van der Waals surface area contributed by atoms with E-state index in [0.717, 1.165) is 53.4 Å². The van der Waals surface area contributed by atoms with Crippen molar-refractivity contribution in [1.29, 1.82) is 0 Å². The van der Waals surface area contributed by atoms with Crippen LogP contribution in [-0.2, 0) is 9.53 Å². The lowest BCUT2D eigenvalue weighted by molar-refractivity contribution is -0.184. The van der Waals surface area contributed by atoms with Crippen LogP contribution in [0.25, 0.3) is 0 Å². The number of hydrogen-bond donors (Lipinski definition) is 1. The first-order chi connectivity index (χ1) is 13.6. The SMILES string of the molecule is Fc1ccc(F)cc1.NC1COCC(N2CCC3=C2CN(C(=O)C(F)(F)F)C3)C1. The summed E-state index contributed by atoms with van der Waals surface area (Å²) >= 11 is 0. The van der Waals surface area contributed by atoms with E-state index in [4.69, 9.17) is 10.5 Å². The fourth-order valence-electron chi connectivity index (χ4n) is 3.79. The summed E-state index contributed by atoms with van der Waals surface area (Å²) in [5.74, 6) is -2.58. The number of benzene rings is 1. The zero-order chi connectivity index (χ0) is 21.2. The highest BCUT2D eigenvalue weighted by atomic mass is 19.4. The number of carbonyl (C=O) groups is 1. The number of hydrogen-bond acceptors (Lipinski definition) is 4. The van der Waals surface area contributed by atoms with E-state index in [1.54, 1.807) is 0 Å². The molecule has 0 bridgehead atoms. The van der Waals surface area contributed by atoms with E-state index in [2.05, 4.69) is 4.90 Å². The zero-order valence-electron chi connectivity index (χ0n) is 15.6. The monoisotopic (exact) mass is 419 g/mol. The molecule has 10 heteroatoms. The molecular formula is C19H22F5N3O2. The maximum absolute atomic E-state index is 12.5. The van der Waals surface area contributed by atoms with Gasteiger partial charge in [0.25, 0.3) is 0 Å². The van der Waals surface area contributed by atoms with Crippen molar-refractivity contribution < 1.29 is 31.5 Å². The normalized spacial score (nSPS) is 24.3. The van der Waals surface area contributed by atoms with Gasteiger partial charge in [-0.15, -0.1) is 0 Å². The molecular weight excluding hydrogens is 397 g/mol. The molecule has 1 fully saturated rings. The topological polar surface area (TPSA) is 58.8 Å². The maximum Gasteiger partial charge on any atom is 0.471 e. The summed E-state index contributed by atoms with van der Waals surface area (Å²) in [5, 5.41) is 0. The largest absolute Gasteiger partial charge is 0.471 e. The second-order valence-corrected chi connectivity index (χ2v) is 7.28. The zero-order valence-corrected chi connectivity index (χ0v) is 15.6. The quantitative estimate of drug-likeness (QED) is 0.711. The summed E-state index contributed by atoms with van der Waals surface area (Å²) in [6, 6.07) is 4.37. The molecule has 3 aliphatic heterocycles. The van der Waals surface area contributed by atoms with Gasteiger partial charge in [-0.25, -0.2) is 8.78 Å². The summed E-state index contributed by atoms with van der Waals surface area (Å²) in [6.07, 6.45) is -3.33. The Labute approximate surface area is 164 Å². The van der Waals surface area contributed by atoms with Crippen molar-refractivity contribution in [3.63, 3.8) is 0 Å². The van der Waals surface area contributed by atoms with Gasteiger partial charge in [0.2, 0.25) is 0 Å². The first kappa shape index (κ1) is 21.5. The highest BCUT2D eigenvalue weighted by molar-refractivity contribution is 5.83. The van der Waals surface area contributed by atoms with E-state index in [9.17, 15) is 26.7 Å². The van der Waals surface area contributed by atoms with E-state index in [1.165, 1.54) is 0 Å². The Balaban J connectivity index is 0.000000252. The molecule has 3 heterocycles. The van der Waals surface area contributed by atoms with Gasteiger partial charge in [0.05, 0.1) is 25.8 Å². The molecule has 5 nitrogen and oxygen atoms in total.